The van der Waals surface area contributed by atoms with Crippen LogP contribution in [0.1, 0.15) is 54.6 Å². The average Bonchev–Trinajstić information content (AvgIpc) is 2.72. The molecular formula is C24H25BrClF3N2O3. The smallest absolute Gasteiger partial charge is 0.416 e. The number of nitrogens with zero attached hydrogens (tertiary/aromatic N) is 1. The van der Waals surface area contributed by atoms with E-state index in [0.717, 1.165) is 17.7 Å². The van der Waals surface area contributed by atoms with E-state index >= 15 is 0 Å². The van der Waals surface area contributed by atoms with Crippen molar-refractivity contribution in [2.75, 3.05) is 13.1 Å². The number of hydrogen-bond donors (Lipinski definition) is 1. The lowest BCUT2D eigenvalue weighted by Crippen LogP contribution is -2.52. The molecule has 0 aliphatic carbocycles. The summed E-state index contributed by atoms with van der Waals surface area (Å²) in [6, 6.07) is 9.73. The molecule has 1 fully saturated rings. The number of likely N-dealkylation sites (tertiary alicyclic amines) is 1. The molecular weight excluding hydrogens is 537 g/mol. The number of benzene rings is 2. The molecule has 0 bridgehead atoms. The molecule has 1 aliphatic rings. The standard InChI is InChI=1S/C24H25BrClF3N2O3/c1-23(2,3)34-22(33)31-9-8-20(19(13-31)14-4-6-18(26)7-5-14)30-21(32)15-10-16(24(27,28)29)12-17(25)11-15/h4-7,10-12,19-20H,8-9,13H2,1-3H3,(H,30,32)/t19-,20+/m0/s1. The first-order valence-corrected chi connectivity index (χ1v) is 11.8. The second-order valence-corrected chi connectivity index (χ2v) is 10.5. The van der Waals surface area contributed by atoms with Gasteiger partial charge in [0.05, 0.1) is 5.56 Å². The fraction of sp³-hybridized carbons (Fsp3) is 0.417. The Balaban J connectivity index is 1.85. The summed E-state index contributed by atoms with van der Waals surface area (Å²) in [6.45, 7) is 5.94. The lowest BCUT2D eigenvalue weighted by Gasteiger charge is -2.39. The van der Waals surface area contributed by atoms with Gasteiger partial charge in [0.15, 0.2) is 0 Å². The molecule has 0 spiro atoms. The van der Waals surface area contributed by atoms with Crippen LogP contribution in [0.3, 0.4) is 0 Å². The van der Waals surface area contributed by atoms with Crippen LogP contribution in [0.15, 0.2) is 46.9 Å². The van der Waals surface area contributed by atoms with Gasteiger partial charge in [0.25, 0.3) is 5.91 Å². The van der Waals surface area contributed by atoms with Gasteiger partial charge in [-0.15, -0.1) is 0 Å². The number of amides is 2. The summed E-state index contributed by atoms with van der Waals surface area (Å²) in [6.07, 6.45) is -4.64. The van der Waals surface area contributed by atoms with Crippen LogP contribution in [-0.2, 0) is 10.9 Å². The van der Waals surface area contributed by atoms with E-state index < -0.39 is 35.4 Å². The molecule has 0 saturated carbocycles. The van der Waals surface area contributed by atoms with E-state index in [1.165, 1.54) is 6.07 Å². The highest BCUT2D eigenvalue weighted by atomic mass is 79.9. The molecule has 10 heteroatoms. The van der Waals surface area contributed by atoms with Crippen molar-refractivity contribution in [2.45, 2.75) is 50.9 Å². The van der Waals surface area contributed by atoms with Crippen LogP contribution in [0.25, 0.3) is 0 Å². The molecule has 5 nitrogen and oxygen atoms in total. The number of carbonyl (C=O) groups excluding carboxylic acids is 2. The number of nitrogens with one attached hydrogen (secondary N) is 1. The van der Waals surface area contributed by atoms with Crippen molar-refractivity contribution in [2.24, 2.45) is 0 Å². The Hall–Kier alpha value is -2.26. The monoisotopic (exact) mass is 560 g/mol. The van der Waals surface area contributed by atoms with Crippen molar-refractivity contribution in [3.8, 4) is 0 Å². The summed E-state index contributed by atoms with van der Waals surface area (Å²) >= 11 is 9.07. The molecule has 1 aliphatic heterocycles. The minimum atomic E-state index is -4.58. The van der Waals surface area contributed by atoms with Crippen LogP contribution in [0.5, 0.6) is 0 Å². The molecule has 34 heavy (non-hydrogen) atoms. The molecule has 0 unspecified atom stereocenters. The normalized spacial score (nSPS) is 19.0. The predicted octanol–water partition coefficient (Wildman–Crippen LogP) is 6.64. The molecule has 3 rings (SSSR count). The van der Waals surface area contributed by atoms with Gasteiger partial charge in [-0.05, 0) is 63.1 Å². The fourth-order valence-electron chi connectivity index (χ4n) is 3.80. The second-order valence-electron chi connectivity index (χ2n) is 9.18. The van der Waals surface area contributed by atoms with Gasteiger partial charge in [0.1, 0.15) is 5.60 Å². The third kappa shape index (κ3) is 6.88. The maximum Gasteiger partial charge on any atom is 0.416 e. The first kappa shape index (κ1) is 26.3. The summed E-state index contributed by atoms with van der Waals surface area (Å²) in [7, 11) is 0. The van der Waals surface area contributed by atoms with E-state index in [1.807, 2.05) is 12.1 Å². The van der Waals surface area contributed by atoms with Crippen LogP contribution in [-0.4, -0.2) is 41.6 Å². The molecule has 2 aromatic rings. The molecule has 0 aromatic heterocycles. The Bertz CT molecular complexity index is 1050. The minimum absolute atomic E-state index is 0.105. The number of piperidine rings is 1. The summed E-state index contributed by atoms with van der Waals surface area (Å²) in [5.74, 6) is -0.932. The first-order valence-electron chi connectivity index (χ1n) is 10.6. The lowest BCUT2D eigenvalue weighted by molar-refractivity contribution is -0.137. The predicted molar refractivity (Wildman–Crippen MR) is 127 cm³/mol. The molecule has 1 N–H and O–H groups in total. The van der Waals surface area contributed by atoms with Crippen molar-refractivity contribution < 1.29 is 27.5 Å². The van der Waals surface area contributed by atoms with E-state index in [0.29, 0.717) is 18.0 Å². The highest BCUT2D eigenvalue weighted by molar-refractivity contribution is 9.10. The van der Waals surface area contributed by atoms with Crippen LogP contribution in [0.4, 0.5) is 18.0 Å². The third-order valence-corrected chi connectivity index (χ3v) is 6.08. The van der Waals surface area contributed by atoms with Gasteiger partial charge in [-0.1, -0.05) is 39.7 Å². The van der Waals surface area contributed by atoms with Gasteiger partial charge in [-0.25, -0.2) is 4.79 Å². The van der Waals surface area contributed by atoms with Gasteiger partial charge < -0.3 is 15.0 Å². The molecule has 184 valence electrons. The largest absolute Gasteiger partial charge is 0.444 e. The number of carbonyl (C=O) groups is 2. The number of halogens is 5. The average molecular weight is 562 g/mol. The Kier molecular flexibility index (Phi) is 7.87. The van der Waals surface area contributed by atoms with Gasteiger partial charge in [0, 0.05) is 40.1 Å². The lowest BCUT2D eigenvalue weighted by atomic mass is 9.86. The van der Waals surface area contributed by atoms with Crippen LogP contribution < -0.4 is 5.32 Å². The van der Waals surface area contributed by atoms with Crippen molar-refractivity contribution in [3.05, 3.63) is 68.7 Å². The van der Waals surface area contributed by atoms with E-state index in [2.05, 4.69) is 21.2 Å². The van der Waals surface area contributed by atoms with Crippen molar-refractivity contribution in [1.82, 2.24) is 10.2 Å². The number of ether oxygens (including phenoxy) is 1. The summed E-state index contributed by atoms with van der Waals surface area (Å²) < 4.78 is 45.3. The van der Waals surface area contributed by atoms with Crippen LogP contribution >= 0.6 is 27.5 Å². The zero-order valence-electron chi connectivity index (χ0n) is 18.9. The second kappa shape index (κ2) is 10.2. The summed E-state index contributed by atoms with van der Waals surface area (Å²) in [4.78, 5) is 27.2. The maximum absolute atomic E-state index is 13.2. The molecule has 0 radical (unpaired) electrons. The van der Waals surface area contributed by atoms with Crippen LogP contribution in [0, 0.1) is 0 Å². The zero-order chi connectivity index (χ0) is 25.3. The topological polar surface area (TPSA) is 58.6 Å². The molecule has 1 saturated heterocycles. The summed E-state index contributed by atoms with van der Waals surface area (Å²) in [5, 5.41) is 3.41. The van der Waals surface area contributed by atoms with E-state index in [9.17, 15) is 22.8 Å². The quantitative estimate of drug-likeness (QED) is 0.457. The first-order chi connectivity index (χ1) is 15.7. The number of rotatable bonds is 3. The van der Waals surface area contributed by atoms with Gasteiger partial charge in [-0.3, -0.25) is 4.79 Å². The number of hydrogen-bond acceptors (Lipinski definition) is 3. The van der Waals surface area contributed by atoms with E-state index in [4.69, 9.17) is 16.3 Å². The van der Waals surface area contributed by atoms with Crippen molar-refractivity contribution in [3.63, 3.8) is 0 Å². The molecule has 2 amide bonds. The summed E-state index contributed by atoms with van der Waals surface area (Å²) in [5.41, 5.74) is -0.838. The minimum Gasteiger partial charge on any atom is -0.444 e. The van der Waals surface area contributed by atoms with Crippen molar-refractivity contribution in [1.29, 1.82) is 0 Å². The fourth-order valence-corrected chi connectivity index (χ4v) is 4.42. The molecule has 2 atom stereocenters. The Labute approximate surface area is 209 Å². The zero-order valence-corrected chi connectivity index (χ0v) is 21.2. The molecule has 1 heterocycles. The van der Waals surface area contributed by atoms with E-state index in [-0.39, 0.29) is 22.5 Å². The Morgan fingerprint density at radius 3 is 2.35 bits per heavy atom. The maximum atomic E-state index is 13.2. The van der Waals surface area contributed by atoms with Gasteiger partial charge in [-0.2, -0.15) is 13.2 Å². The third-order valence-electron chi connectivity index (χ3n) is 5.37. The Morgan fingerprint density at radius 2 is 1.76 bits per heavy atom. The molecule has 2 aromatic carbocycles. The number of alkyl halides is 3. The highest BCUT2D eigenvalue weighted by Gasteiger charge is 2.36. The Morgan fingerprint density at radius 1 is 1.12 bits per heavy atom. The van der Waals surface area contributed by atoms with Crippen LogP contribution in [0.2, 0.25) is 5.02 Å². The van der Waals surface area contributed by atoms with Gasteiger partial charge >= 0.3 is 12.3 Å². The van der Waals surface area contributed by atoms with E-state index in [1.54, 1.807) is 37.8 Å². The highest BCUT2D eigenvalue weighted by Crippen LogP contribution is 2.33. The van der Waals surface area contributed by atoms with Crippen molar-refractivity contribution >= 4 is 39.5 Å². The van der Waals surface area contributed by atoms with Gasteiger partial charge in [0.2, 0.25) is 0 Å². The SMILES string of the molecule is CC(C)(C)OC(=O)N1CC[C@@H](NC(=O)c2cc(Br)cc(C(F)(F)F)c2)[C@H](c2ccc(Cl)cc2)C1.